The van der Waals surface area contributed by atoms with E-state index < -0.39 is 12.2 Å². The zero-order chi connectivity index (χ0) is 18.8. The third-order valence-electron chi connectivity index (χ3n) is 4.80. The van der Waals surface area contributed by atoms with Crippen LogP contribution in [0.2, 0.25) is 0 Å². The highest BCUT2D eigenvalue weighted by atomic mass is 16.6. The van der Waals surface area contributed by atoms with Crippen molar-refractivity contribution < 1.29 is 24.4 Å². The summed E-state index contributed by atoms with van der Waals surface area (Å²) in [5.74, 6) is 0.672. The Morgan fingerprint density at radius 3 is 2.81 bits per heavy atom. The number of nitrogens with two attached hydrogens (primary N) is 1. The van der Waals surface area contributed by atoms with Crippen LogP contribution >= 0.6 is 0 Å². The SMILES string of the molecule is C=C(CN)N(C[C@H](C)O)c1cc(O[C@H]2CO[C@H]3[C@@H]2OC[C@@H]3O)ccc1C. The Hall–Kier alpha value is -1.64. The number of aliphatic hydroxyl groups is 2. The van der Waals surface area contributed by atoms with Crippen molar-refractivity contribution in [2.75, 3.05) is 31.2 Å². The summed E-state index contributed by atoms with van der Waals surface area (Å²) in [7, 11) is 0. The maximum absolute atomic E-state index is 9.85. The molecule has 0 aliphatic carbocycles. The number of aliphatic hydroxyl groups excluding tert-OH is 2. The predicted octanol–water partition coefficient (Wildman–Crippen LogP) is 0.561. The van der Waals surface area contributed by atoms with Gasteiger partial charge in [0.05, 0.1) is 19.3 Å². The zero-order valence-electron chi connectivity index (χ0n) is 15.3. The number of hydrogen-bond donors (Lipinski definition) is 3. The highest BCUT2D eigenvalue weighted by Gasteiger charge is 2.48. The molecule has 2 aliphatic rings. The zero-order valence-corrected chi connectivity index (χ0v) is 15.3. The van der Waals surface area contributed by atoms with E-state index in [0.717, 1.165) is 16.9 Å². The maximum Gasteiger partial charge on any atom is 0.151 e. The maximum atomic E-state index is 9.85. The molecule has 144 valence electrons. The van der Waals surface area contributed by atoms with Crippen molar-refractivity contribution in [3.05, 3.63) is 36.0 Å². The normalized spacial score (nSPS) is 28.7. The molecule has 0 amide bonds. The lowest BCUT2D eigenvalue weighted by molar-refractivity contribution is 0.00863. The standard InChI is InChI=1S/C19H28N2O5/c1-11-4-5-14(6-15(11)21(8-13(3)22)12(2)7-20)26-17-10-25-18-16(23)9-24-19(17)18/h4-6,13,16-19,22-23H,2,7-10,20H2,1,3H3/t13-,16-,17-,18+,19+/m0/s1. The molecule has 2 fully saturated rings. The van der Waals surface area contributed by atoms with Crippen LogP contribution in [0.1, 0.15) is 12.5 Å². The molecule has 0 radical (unpaired) electrons. The summed E-state index contributed by atoms with van der Waals surface area (Å²) in [4.78, 5) is 1.91. The first-order chi connectivity index (χ1) is 12.4. The van der Waals surface area contributed by atoms with Gasteiger partial charge in [0.25, 0.3) is 0 Å². The molecule has 0 saturated carbocycles. The second kappa shape index (κ2) is 7.94. The molecule has 0 aromatic heterocycles. The van der Waals surface area contributed by atoms with E-state index in [0.29, 0.717) is 25.4 Å². The molecule has 0 unspecified atom stereocenters. The lowest BCUT2D eigenvalue weighted by Gasteiger charge is -2.29. The Kier molecular flexibility index (Phi) is 5.84. The second-order valence-corrected chi connectivity index (χ2v) is 7.00. The van der Waals surface area contributed by atoms with E-state index in [9.17, 15) is 10.2 Å². The van der Waals surface area contributed by atoms with Gasteiger partial charge in [-0.1, -0.05) is 12.6 Å². The van der Waals surface area contributed by atoms with Gasteiger partial charge in [0.15, 0.2) is 6.10 Å². The molecule has 5 atom stereocenters. The minimum Gasteiger partial charge on any atom is -0.485 e. The van der Waals surface area contributed by atoms with Crippen LogP contribution in [0.5, 0.6) is 5.75 Å². The number of anilines is 1. The van der Waals surface area contributed by atoms with Gasteiger partial charge in [-0.3, -0.25) is 0 Å². The number of fused-ring (bicyclic) bond motifs is 1. The summed E-state index contributed by atoms with van der Waals surface area (Å²) in [6.07, 6.45) is -1.98. The molecule has 3 rings (SSSR count). The van der Waals surface area contributed by atoms with Crippen molar-refractivity contribution in [1.82, 2.24) is 0 Å². The van der Waals surface area contributed by atoms with Gasteiger partial charge in [0.1, 0.15) is 24.1 Å². The van der Waals surface area contributed by atoms with Crippen LogP contribution in [0.3, 0.4) is 0 Å². The summed E-state index contributed by atoms with van der Waals surface area (Å²) in [6.45, 7) is 9.07. The summed E-state index contributed by atoms with van der Waals surface area (Å²) >= 11 is 0. The van der Waals surface area contributed by atoms with Gasteiger partial charge in [0, 0.05) is 30.5 Å². The molecular formula is C19H28N2O5. The van der Waals surface area contributed by atoms with Crippen molar-refractivity contribution in [2.45, 2.75) is 44.4 Å². The smallest absolute Gasteiger partial charge is 0.151 e. The van der Waals surface area contributed by atoms with Crippen LogP contribution in [0, 0.1) is 6.92 Å². The minimum atomic E-state index is -0.600. The van der Waals surface area contributed by atoms with E-state index in [-0.39, 0.29) is 24.9 Å². The average molecular weight is 364 g/mol. The Morgan fingerprint density at radius 1 is 1.38 bits per heavy atom. The molecule has 0 spiro atoms. The average Bonchev–Trinajstić information content (AvgIpc) is 3.17. The first-order valence-corrected chi connectivity index (χ1v) is 8.92. The van der Waals surface area contributed by atoms with E-state index >= 15 is 0 Å². The van der Waals surface area contributed by atoms with Gasteiger partial charge < -0.3 is 35.1 Å². The Bertz CT molecular complexity index is 651. The molecule has 2 heterocycles. The van der Waals surface area contributed by atoms with E-state index in [1.165, 1.54) is 0 Å². The molecule has 2 aliphatic heterocycles. The fourth-order valence-corrected chi connectivity index (χ4v) is 3.45. The van der Waals surface area contributed by atoms with Crippen molar-refractivity contribution in [3.8, 4) is 5.75 Å². The second-order valence-electron chi connectivity index (χ2n) is 7.00. The number of rotatable bonds is 7. The third kappa shape index (κ3) is 3.87. The molecule has 4 N–H and O–H groups in total. The summed E-state index contributed by atoms with van der Waals surface area (Å²) in [6, 6.07) is 5.77. The highest BCUT2D eigenvalue weighted by Crippen LogP contribution is 2.33. The van der Waals surface area contributed by atoms with Crippen LogP contribution in [-0.4, -0.2) is 67.0 Å². The fraction of sp³-hybridized carbons (Fsp3) is 0.579. The highest BCUT2D eigenvalue weighted by molar-refractivity contribution is 5.60. The first-order valence-electron chi connectivity index (χ1n) is 8.92. The van der Waals surface area contributed by atoms with Crippen molar-refractivity contribution in [3.63, 3.8) is 0 Å². The summed E-state index contributed by atoms with van der Waals surface area (Å²) < 4.78 is 17.3. The molecule has 1 aromatic carbocycles. The van der Waals surface area contributed by atoms with E-state index in [1.54, 1.807) is 6.92 Å². The number of aryl methyl sites for hydroxylation is 1. The van der Waals surface area contributed by atoms with Gasteiger partial charge in [-0.25, -0.2) is 0 Å². The van der Waals surface area contributed by atoms with Gasteiger partial charge in [-0.2, -0.15) is 0 Å². The van der Waals surface area contributed by atoms with Gasteiger partial charge in [0.2, 0.25) is 0 Å². The van der Waals surface area contributed by atoms with Crippen molar-refractivity contribution in [2.24, 2.45) is 5.73 Å². The van der Waals surface area contributed by atoms with Crippen LogP contribution in [0.15, 0.2) is 30.5 Å². The van der Waals surface area contributed by atoms with Gasteiger partial charge in [-0.05, 0) is 25.5 Å². The van der Waals surface area contributed by atoms with Crippen LogP contribution in [-0.2, 0) is 9.47 Å². The van der Waals surface area contributed by atoms with E-state index in [1.807, 2.05) is 30.0 Å². The molecule has 1 aromatic rings. The largest absolute Gasteiger partial charge is 0.485 e. The topological polar surface area (TPSA) is 97.4 Å². The van der Waals surface area contributed by atoms with E-state index in [4.69, 9.17) is 19.9 Å². The monoisotopic (exact) mass is 364 g/mol. The summed E-state index contributed by atoms with van der Waals surface area (Å²) in [5.41, 5.74) is 8.41. The molecule has 7 nitrogen and oxygen atoms in total. The lowest BCUT2D eigenvalue weighted by atomic mass is 10.1. The van der Waals surface area contributed by atoms with Crippen LogP contribution < -0.4 is 15.4 Å². The molecule has 7 heteroatoms. The summed E-state index contributed by atoms with van der Waals surface area (Å²) in [5, 5.41) is 19.7. The number of hydrogen-bond acceptors (Lipinski definition) is 7. The number of nitrogens with zero attached hydrogens (tertiary/aromatic N) is 1. The fourth-order valence-electron chi connectivity index (χ4n) is 3.45. The Balaban J connectivity index is 1.79. The minimum absolute atomic E-state index is 0.262. The molecular weight excluding hydrogens is 336 g/mol. The van der Waals surface area contributed by atoms with Gasteiger partial charge >= 0.3 is 0 Å². The Morgan fingerprint density at radius 2 is 2.12 bits per heavy atom. The van der Waals surface area contributed by atoms with Gasteiger partial charge in [-0.15, -0.1) is 0 Å². The van der Waals surface area contributed by atoms with Crippen LogP contribution in [0.25, 0.3) is 0 Å². The van der Waals surface area contributed by atoms with Crippen LogP contribution in [0.4, 0.5) is 5.69 Å². The molecule has 26 heavy (non-hydrogen) atoms. The number of benzene rings is 1. The molecule has 0 bridgehead atoms. The van der Waals surface area contributed by atoms with E-state index in [2.05, 4.69) is 6.58 Å². The number of ether oxygens (including phenoxy) is 3. The first kappa shape index (κ1) is 19.1. The molecule has 2 saturated heterocycles. The Labute approximate surface area is 154 Å². The third-order valence-corrected chi connectivity index (χ3v) is 4.80. The van der Waals surface area contributed by atoms with Crippen molar-refractivity contribution >= 4 is 5.69 Å². The van der Waals surface area contributed by atoms with Crippen molar-refractivity contribution in [1.29, 1.82) is 0 Å². The lowest BCUT2D eigenvalue weighted by Crippen LogP contribution is -2.35. The quantitative estimate of drug-likeness (QED) is 0.650. The predicted molar refractivity (Wildman–Crippen MR) is 98.3 cm³/mol.